The summed E-state index contributed by atoms with van der Waals surface area (Å²) in [7, 11) is 2.86. The van der Waals surface area contributed by atoms with Crippen molar-refractivity contribution >= 4 is 11.8 Å². The van der Waals surface area contributed by atoms with Gasteiger partial charge in [-0.15, -0.1) is 0 Å². The second-order valence-corrected chi connectivity index (χ2v) is 4.37. The minimum absolute atomic E-state index is 0.115. The van der Waals surface area contributed by atoms with Gasteiger partial charge in [-0.25, -0.2) is 9.78 Å². The molecule has 1 unspecified atom stereocenters. The van der Waals surface area contributed by atoms with E-state index in [1.54, 1.807) is 14.0 Å². The molecule has 0 aromatic carbocycles. The average molecular weight is 269 g/mol. The molecule has 19 heavy (non-hydrogen) atoms. The van der Waals surface area contributed by atoms with E-state index in [0.29, 0.717) is 18.8 Å². The number of rotatable bonds is 7. The highest BCUT2D eigenvalue weighted by Gasteiger charge is 2.20. The Morgan fingerprint density at radius 2 is 2.21 bits per heavy atom. The molecule has 0 radical (unpaired) electrons. The third-order valence-electron chi connectivity index (χ3n) is 2.52. The van der Waals surface area contributed by atoms with Crippen LogP contribution in [0.1, 0.15) is 23.8 Å². The molecule has 0 aliphatic carbocycles. The van der Waals surface area contributed by atoms with Crippen molar-refractivity contribution < 1.29 is 19.4 Å². The van der Waals surface area contributed by atoms with Crippen LogP contribution in [-0.2, 0) is 9.47 Å². The lowest BCUT2D eigenvalue weighted by Crippen LogP contribution is -2.35. The predicted octanol–water partition coefficient (Wildman–Crippen LogP) is 0.463. The SMILES string of the molecule is COCCC(C)(O)CNc1cncc(C(=O)OC)n1. The summed E-state index contributed by atoms with van der Waals surface area (Å²) in [6, 6.07) is 0. The molecule has 106 valence electrons. The number of hydrogen-bond donors (Lipinski definition) is 2. The van der Waals surface area contributed by atoms with Gasteiger partial charge in [0.2, 0.25) is 0 Å². The largest absolute Gasteiger partial charge is 0.464 e. The van der Waals surface area contributed by atoms with Crippen LogP contribution in [0.5, 0.6) is 0 Å². The van der Waals surface area contributed by atoms with Gasteiger partial charge in [-0.3, -0.25) is 4.98 Å². The Morgan fingerprint density at radius 3 is 2.84 bits per heavy atom. The van der Waals surface area contributed by atoms with Crippen molar-refractivity contribution in [2.75, 3.05) is 32.7 Å². The number of nitrogens with one attached hydrogen (secondary N) is 1. The van der Waals surface area contributed by atoms with Crippen LogP contribution in [0, 0.1) is 0 Å². The van der Waals surface area contributed by atoms with Crippen molar-refractivity contribution in [1.82, 2.24) is 9.97 Å². The number of carbonyl (C=O) groups excluding carboxylic acids is 1. The molecule has 0 fully saturated rings. The van der Waals surface area contributed by atoms with E-state index in [1.165, 1.54) is 19.5 Å². The zero-order valence-corrected chi connectivity index (χ0v) is 11.3. The van der Waals surface area contributed by atoms with Crippen LogP contribution in [0.15, 0.2) is 12.4 Å². The molecule has 0 aliphatic heterocycles. The number of carbonyl (C=O) groups is 1. The van der Waals surface area contributed by atoms with Crippen molar-refractivity contribution in [1.29, 1.82) is 0 Å². The van der Waals surface area contributed by atoms with Crippen molar-refractivity contribution in [3.8, 4) is 0 Å². The van der Waals surface area contributed by atoms with E-state index >= 15 is 0 Å². The maximum atomic E-state index is 11.3. The molecule has 1 atom stereocenters. The molecule has 7 nitrogen and oxygen atoms in total. The first-order valence-electron chi connectivity index (χ1n) is 5.84. The minimum atomic E-state index is -0.932. The lowest BCUT2D eigenvalue weighted by Gasteiger charge is -2.23. The zero-order chi connectivity index (χ0) is 14.3. The van der Waals surface area contributed by atoms with Crippen LogP contribution < -0.4 is 5.32 Å². The van der Waals surface area contributed by atoms with Gasteiger partial charge in [-0.2, -0.15) is 0 Å². The number of ether oxygens (including phenoxy) is 2. The second kappa shape index (κ2) is 7.01. The van der Waals surface area contributed by atoms with Crippen molar-refractivity contribution in [3.63, 3.8) is 0 Å². The number of aromatic nitrogens is 2. The number of hydrogen-bond acceptors (Lipinski definition) is 7. The summed E-state index contributed by atoms with van der Waals surface area (Å²) in [6.45, 7) is 2.43. The standard InChI is InChI=1S/C12H19N3O4/c1-12(17,4-5-18-2)8-14-10-7-13-6-9(15-10)11(16)19-3/h6-7,17H,4-5,8H2,1-3H3,(H,14,15). The first-order chi connectivity index (χ1) is 8.98. The normalized spacial score (nSPS) is 13.7. The summed E-state index contributed by atoms with van der Waals surface area (Å²) in [5, 5.41) is 13.0. The smallest absolute Gasteiger partial charge is 0.358 e. The van der Waals surface area contributed by atoms with E-state index in [2.05, 4.69) is 20.0 Å². The van der Waals surface area contributed by atoms with Gasteiger partial charge in [-0.05, 0) is 6.92 Å². The molecule has 1 rings (SSSR count). The Kier molecular flexibility index (Phi) is 5.65. The van der Waals surface area contributed by atoms with Gasteiger partial charge in [-0.1, -0.05) is 0 Å². The van der Waals surface area contributed by atoms with Gasteiger partial charge in [0.05, 0.1) is 25.1 Å². The Bertz CT molecular complexity index is 423. The number of methoxy groups -OCH3 is 2. The van der Waals surface area contributed by atoms with Gasteiger partial charge in [0, 0.05) is 26.7 Å². The molecule has 0 spiro atoms. The van der Waals surface area contributed by atoms with Crippen LogP contribution in [0.3, 0.4) is 0 Å². The fraction of sp³-hybridized carbons (Fsp3) is 0.583. The molecule has 1 aromatic heterocycles. The zero-order valence-electron chi connectivity index (χ0n) is 11.3. The second-order valence-electron chi connectivity index (χ2n) is 4.37. The fourth-order valence-corrected chi connectivity index (χ4v) is 1.35. The van der Waals surface area contributed by atoms with E-state index in [9.17, 15) is 9.90 Å². The summed E-state index contributed by atoms with van der Waals surface area (Å²) in [5.41, 5.74) is -0.817. The first-order valence-corrected chi connectivity index (χ1v) is 5.84. The molecule has 0 amide bonds. The molecule has 7 heteroatoms. The first kappa shape index (κ1) is 15.3. The van der Waals surface area contributed by atoms with Crippen molar-refractivity contribution in [3.05, 3.63) is 18.1 Å². The summed E-state index contributed by atoms with van der Waals surface area (Å²) >= 11 is 0. The Hall–Kier alpha value is -1.73. The summed E-state index contributed by atoms with van der Waals surface area (Å²) in [5.74, 6) is -0.150. The third-order valence-corrected chi connectivity index (χ3v) is 2.52. The molecule has 0 aliphatic rings. The molecule has 2 N–H and O–H groups in total. The van der Waals surface area contributed by atoms with E-state index in [1.807, 2.05) is 0 Å². The Balaban J connectivity index is 2.60. The van der Waals surface area contributed by atoms with Crippen LogP contribution >= 0.6 is 0 Å². The number of nitrogens with zero attached hydrogens (tertiary/aromatic N) is 2. The lowest BCUT2D eigenvalue weighted by atomic mass is 10.0. The third kappa shape index (κ3) is 5.19. The quantitative estimate of drug-likeness (QED) is 0.694. The Labute approximate surface area is 112 Å². The van der Waals surface area contributed by atoms with Gasteiger partial charge in [0.15, 0.2) is 5.69 Å². The predicted molar refractivity (Wildman–Crippen MR) is 69.0 cm³/mol. The molecular weight excluding hydrogens is 250 g/mol. The van der Waals surface area contributed by atoms with E-state index in [-0.39, 0.29) is 12.2 Å². The van der Waals surface area contributed by atoms with Gasteiger partial charge in [0.25, 0.3) is 0 Å². The topological polar surface area (TPSA) is 93.6 Å². The van der Waals surface area contributed by atoms with E-state index < -0.39 is 11.6 Å². The maximum Gasteiger partial charge on any atom is 0.358 e. The lowest BCUT2D eigenvalue weighted by molar-refractivity contribution is 0.0357. The molecule has 0 saturated carbocycles. The average Bonchev–Trinajstić information content (AvgIpc) is 2.42. The van der Waals surface area contributed by atoms with Crippen LogP contribution in [0.2, 0.25) is 0 Å². The highest BCUT2D eigenvalue weighted by atomic mass is 16.5. The van der Waals surface area contributed by atoms with Crippen LogP contribution in [0.4, 0.5) is 5.82 Å². The highest BCUT2D eigenvalue weighted by Crippen LogP contribution is 2.11. The molecule has 0 bridgehead atoms. The van der Waals surface area contributed by atoms with E-state index in [0.717, 1.165) is 0 Å². The maximum absolute atomic E-state index is 11.3. The molecule has 0 saturated heterocycles. The van der Waals surface area contributed by atoms with Gasteiger partial charge in [0.1, 0.15) is 5.82 Å². The van der Waals surface area contributed by atoms with Gasteiger partial charge < -0.3 is 19.9 Å². The minimum Gasteiger partial charge on any atom is -0.464 e. The van der Waals surface area contributed by atoms with Crippen LogP contribution in [0.25, 0.3) is 0 Å². The summed E-state index contributed by atoms with van der Waals surface area (Å²) in [4.78, 5) is 19.2. The highest BCUT2D eigenvalue weighted by molar-refractivity contribution is 5.87. The summed E-state index contributed by atoms with van der Waals surface area (Å²) < 4.78 is 9.47. The fourth-order valence-electron chi connectivity index (χ4n) is 1.35. The Morgan fingerprint density at radius 1 is 1.47 bits per heavy atom. The number of aliphatic hydroxyl groups is 1. The number of anilines is 1. The molecule has 1 aromatic rings. The van der Waals surface area contributed by atoms with E-state index in [4.69, 9.17) is 4.74 Å². The van der Waals surface area contributed by atoms with Crippen LogP contribution in [-0.4, -0.2) is 54.0 Å². The monoisotopic (exact) mass is 269 g/mol. The van der Waals surface area contributed by atoms with Crippen molar-refractivity contribution in [2.45, 2.75) is 18.9 Å². The number of esters is 1. The van der Waals surface area contributed by atoms with Crippen molar-refractivity contribution in [2.24, 2.45) is 0 Å². The summed E-state index contributed by atoms with van der Waals surface area (Å²) in [6.07, 6.45) is 3.28. The molecular formula is C12H19N3O4. The molecule has 1 heterocycles. The van der Waals surface area contributed by atoms with Gasteiger partial charge >= 0.3 is 5.97 Å².